The van der Waals surface area contributed by atoms with Crippen molar-refractivity contribution < 1.29 is 44.2 Å². The van der Waals surface area contributed by atoms with Crippen LogP contribution < -0.4 is 0 Å². The molecule has 5 aliphatic rings. The highest BCUT2D eigenvalue weighted by atomic mass is 16.7. The Kier molecular flexibility index (Phi) is 3.28. The number of carbonyl (C=O) groups is 2. The minimum absolute atomic E-state index is 0.0699. The third kappa shape index (κ3) is 1.72. The van der Waals surface area contributed by atoms with Crippen LogP contribution in [0.4, 0.5) is 0 Å². The molecule has 3 heterocycles. The summed E-state index contributed by atoms with van der Waals surface area (Å²) in [6.07, 6.45) is -3.71. The molecule has 2 saturated carbocycles. The second-order valence-electron chi connectivity index (χ2n) is 9.40. The number of carbonyl (C=O) groups excluding carboxylic acids is 2. The lowest BCUT2D eigenvalue weighted by molar-refractivity contribution is -0.186. The number of cyclic esters (lactones) is 1. The van der Waals surface area contributed by atoms with E-state index in [0.29, 0.717) is 5.57 Å². The standard InChI is InChI=1S/C19H24O9/c1-16(25,6-20)14-19-7(4-10(23)26-14)17(2)8(21)5-9(22)18(3)12(17)11(13(19)28-19)27-15(18)24/h4,8-9,11-14,20-22,25H,5-6H2,1-3H3. The van der Waals surface area contributed by atoms with Crippen molar-refractivity contribution in [2.24, 2.45) is 16.7 Å². The summed E-state index contributed by atoms with van der Waals surface area (Å²) in [6.45, 7) is 4.00. The van der Waals surface area contributed by atoms with Gasteiger partial charge in [0.1, 0.15) is 17.8 Å². The number of hydrogen-bond acceptors (Lipinski definition) is 9. The Morgan fingerprint density at radius 3 is 2.46 bits per heavy atom. The van der Waals surface area contributed by atoms with Crippen LogP contribution in [0.1, 0.15) is 27.2 Å². The number of rotatable bonds is 2. The van der Waals surface area contributed by atoms with Crippen LogP contribution in [-0.2, 0) is 23.8 Å². The number of aliphatic hydroxyl groups is 4. The molecule has 9 nitrogen and oxygen atoms in total. The van der Waals surface area contributed by atoms with Crippen LogP contribution in [0.2, 0.25) is 0 Å². The van der Waals surface area contributed by atoms with Crippen molar-refractivity contribution >= 4 is 11.9 Å². The quantitative estimate of drug-likeness (QED) is 0.320. The molecule has 10 atom stereocenters. The zero-order chi connectivity index (χ0) is 20.4. The Bertz CT molecular complexity index is 820. The molecule has 4 N–H and O–H groups in total. The predicted molar refractivity (Wildman–Crippen MR) is 89.5 cm³/mol. The molecular formula is C19H24O9. The van der Waals surface area contributed by atoms with Crippen LogP contribution in [-0.4, -0.2) is 80.7 Å². The normalized spacial score (nSPS) is 55.8. The molecule has 0 radical (unpaired) electrons. The summed E-state index contributed by atoms with van der Waals surface area (Å²) in [7, 11) is 0. The fraction of sp³-hybridized carbons (Fsp3) is 0.789. The summed E-state index contributed by atoms with van der Waals surface area (Å²) in [5.41, 5.74) is -5.07. The van der Waals surface area contributed by atoms with Gasteiger partial charge in [0.15, 0.2) is 11.7 Å². The monoisotopic (exact) mass is 396 g/mol. The Morgan fingerprint density at radius 1 is 1.18 bits per heavy atom. The van der Waals surface area contributed by atoms with Gasteiger partial charge >= 0.3 is 11.9 Å². The second kappa shape index (κ2) is 4.96. The molecule has 28 heavy (non-hydrogen) atoms. The highest BCUT2D eigenvalue weighted by Crippen LogP contribution is 2.73. The number of hydrogen-bond donors (Lipinski definition) is 4. The maximum Gasteiger partial charge on any atom is 0.331 e. The first-order valence-electron chi connectivity index (χ1n) is 9.47. The summed E-state index contributed by atoms with van der Waals surface area (Å²) in [5, 5.41) is 42.0. The first-order valence-corrected chi connectivity index (χ1v) is 9.47. The van der Waals surface area contributed by atoms with E-state index in [4.69, 9.17) is 14.2 Å². The Balaban J connectivity index is 1.74. The van der Waals surface area contributed by atoms with Crippen molar-refractivity contribution in [3.63, 3.8) is 0 Å². The van der Waals surface area contributed by atoms with Crippen molar-refractivity contribution in [3.8, 4) is 0 Å². The molecule has 4 fully saturated rings. The van der Waals surface area contributed by atoms with Gasteiger partial charge in [-0.3, -0.25) is 4.79 Å². The summed E-state index contributed by atoms with van der Waals surface area (Å²) in [6, 6.07) is 0. The number of esters is 2. The van der Waals surface area contributed by atoms with Crippen LogP contribution in [0.5, 0.6) is 0 Å². The highest BCUT2D eigenvalue weighted by Gasteiger charge is 2.86. The number of aliphatic hydroxyl groups excluding tert-OH is 3. The molecule has 0 aromatic rings. The third-order valence-electron chi connectivity index (χ3n) is 7.89. The molecule has 1 spiro atoms. The maximum absolute atomic E-state index is 12.8. The number of fused-ring (bicyclic) bond motifs is 2. The van der Waals surface area contributed by atoms with Gasteiger partial charge in [0.05, 0.1) is 24.2 Å². The number of epoxide rings is 1. The lowest BCUT2D eigenvalue weighted by Gasteiger charge is -2.57. The van der Waals surface area contributed by atoms with E-state index in [2.05, 4.69) is 0 Å². The topological polar surface area (TPSA) is 146 Å². The van der Waals surface area contributed by atoms with Gasteiger partial charge in [-0.05, 0) is 19.4 Å². The molecular weight excluding hydrogens is 372 g/mol. The molecule has 2 aliphatic carbocycles. The molecule has 2 saturated heterocycles. The van der Waals surface area contributed by atoms with Gasteiger partial charge in [-0.15, -0.1) is 0 Å². The van der Waals surface area contributed by atoms with E-state index in [1.165, 1.54) is 13.0 Å². The highest BCUT2D eigenvalue weighted by molar-refractivity contribution is 5.87. The largest absolute Gasteiger partial charge is 0.459 e. The van der Waals surface area contributed by atoms with Gasteiger partial charge in [-0.25, -0.2) is 4.79 Å². The number of ether oxygens (including phenoxy) is 3. The van der Waals surface area contributed by atoms with Crippen molar-refractivity contribution in [3.05, 3.63) is 11.6 Å². The lowest BCUT2D eigenvalue weighted by atomic mass is 9.45. The van der Waals surface area contributed by atoms with E-state index < -0.39 is 77.0 Å². The zero-order valence-electron chi connectivity index (χ0n) is 15.8. The van der Waals surface area contributed by atoms with Crippen LogP contribution in [0.25, 0.3) is 0 Å². The van der Waals surface area contributed by atoms with Gasteiger partial charge in [-0.1, -0.05) is 6.92 Å². The van der Waals surface area contributed by atoms with Crippen molar-refractivity contribution in [2.75, 3.05) is 6.61 Å². The SMILES string of the molecule is CC(O)(CO)C1OC(=O)C=C2C3(C)C(O)CC(O)C4(C)C(=O)OC(C43)C3OC231. The first kappa shape index (κ1) is 18.5. The van der Waals surface area contributed by atoms with E-state index in [0.717, 1.165) is 0 Å². The summed E-state index contributed by atoms with van der Waals surface area (Å²) in [5.74, 6) is -1.92. The van der Waals surface area contributed by atoms with Gasteiger partial charge < -0.3 is 34.6 Å². The molecule has 5 rings (SSSR count). The molecule has 154 valence electrons. The van der Waals surface area contributed by atoms with E-state index in [1.54, 1.807) is 13.8 Å². The summed E-state index contributed by atoms with van der Waals surface area (Å²) < 4.78 is 17.0. The van der Waals surface area contributed by atoms with E-state index in [1.807, 2.05) is 0 Å². The maximum atomic E-state index is 12.8. The van der Waals surface area contributed by atoms with Crippen LogP contribution in [0.3, 0.4) is 0 Å². The molecule has 9 heteroatoms. The average Bonchev–Trinajstić information content (AvgIpc) is 3.29. The predicted octanol–water partition coefficient (Wildman–Crippen LogP) is -1.59. The molecule has 0 aromatic heterocycles. The Hall–Kier alpha value is -1.52. The van der Waals surface area contributed by atoms with Crippen molar-refractivity contribution in [1.82, 2.24) is 0 Å². The molecule has 3 aliphatic heterocycles. The minimum atomic E-state index is -1.81. The zero-order valence-corrected chi connectivity index (χ0v) is 15.8. The average molecular weight is 396 g/mol. The molecule has 0 aromatic carbocycles. The second-order valence-corrected chi connectivity index (χ2v) is 9.40. The van der Waals surface area contributed by atoms with Gasteiger partial charge in [0.25, 0.3) is 0 Å². The Morgan fingerprint density at radius 2 is 1.82 bits per heavy atom. The van der Waals surface area contributed by atoms with E-state index in [-0.39, 0.29) is 6.42 Å². The van der Waals surface area contributed by atoms with E-state index >= 15 is 0 Å². The third-order valence-corrected chi connectivity index (χ3v) is 7.89. The van der Waals surface area contributed by atoms with Crippen molar-refractivity contribution in [2.45, 2.75) is 68.9 Å². The van der Waals surface area contributed by atoms with Gasteiger partial charge in [0, 0.05) is 23.8 Å². The summed E-state index contributed by atoms with van der Waals surface area (Å²) >= 11 is 0. The first-order chi connectivity index (χ1) is 13.0. The molecule has 0 amide bonds. The summed E-state index contributed by atoms with van der Waals surface area (Å²) in [4.78, 5) is 25.2. The van der Waals surface area contributed by atoms with E-state index in [9.17, 15) is 30.0 Å². The minimum Gasteiger partial charge on any atom is -0.459 e. The van der Waals surface area contributed by atoms with Crippen LogP contribution in [0.15, 0.2) is 11.6 Å². The molecule has 0 bridgehead atoms. The van der Waals surface area contributed by atoms with Gasteiger partial charge in [0.2, 0.25) is 0 Å². The lowest BCUT2D eigenvalue weighted by Crippen LogP contribution is -2.69. The molecule has 10 unspecified atom stereocenters. The smallest absolute Gasteiger partial charge is 0.331 e. The fourth-order valence-electron chi connectivity index (χ4n) is 6.36. The fourth-order valence-corrected chi connectivity index (χ4v) is 6.36. The van der Waals surface area contributed by atoms with Crippen LogP contribution in [0, 0.1) is 16.7 Å². The van der Waals surface area contributed by atoms with Crippen molar-refractivity contribution in [1.29, 1.82) is 0 Å². The Labute approximate surface area is 160 Å². The van der Waals surface area contributed by atoms with Gasteiger partial charge in [-0.2, -0.15) is 0 Å². The van der Waals surface area contributed by atoms with Crippen LogP contribution >= 0.6 is 0 Å².